The summed E-state index contributed by atoms with van der Waals surface area (Å²) in [6, 6.07) is 5.36. The Kier molecular flexibility index (Phi) is 5.12. The van der Waals surface area contributed by atoms with Crippen molar-refractivity contribution < 1.29 is 14.0 Å². The highest BCUT2D eigenvalue weighted by atomic mass is 79.9. The fourth-order valence-electron chi connectivity index (χ4n) is 3.39. The van der Waals surface area contributed by atoms with Gasteiger partial charge >= 0.3 is 0 Å². The van der Waals surface area contributed by atoms with Gasteiger partial charge in [-0.15, -0.1) is 0 Å². The van der Waals surface area contributed by atoms with Crippen LogP contribution in [0, 0.1) is 5.92 Å². The number of hydrogen-bond acceptors (Lipinski definition) is 4. The largest absolute Gasteiger partial charge is 0.449 e. The third-order valence-corrected chi connectivity index (χ3v) is 5.36. The summed E-state index contributed by atoms with van der Waals surface area (Å²) in [5.74, 6) is -0.965. The van der Waals surface area contributed by atoms with Crippen molar-refractivity contribution >= 4 is 44.4 Å². The summed E-state index contributed by atoms with van der Waals surface area (Å²) >= 11 is 3.41. The molecule has 0 spiro atoms. The van der Waals surface area contributed by atoms with Crippen LogP contribution in [-0.4, -0.2) is 35.3 Å². The Morgan fingerprint density at radius 3 is 2.73 bits per heavy atom. The average Bonchev–Trinajstić information content (AvgIpc) is 2.92. The molecule has 1 saturated heterocycles. The van der Waals surface area contributed by atoms with Crippen molar-refractivity contribution in [3.8, 4) is 0 Å². The highest BCUT2D eigenvalue weighted by Gasteiger charge is 2.32. The Balaban J connectivity index is 1.88. The first-order valence-electron chi connectivity index (χ1n) is 8.74. The number of furan rings is 1. The molecule has 1 aliphatic rings. The van der Waals surface area contributed by atoms with E-state index in [9.17, 15) is 9.59 Å². The van der Waals surface area contributed by atoms with Crippen LogP contribution in [0.5, 0.6) is 0 Å². The minimum Gasteiger partial charge on any atom is -0.449 e. The van der Waals surface area contributed by atoms with Gasteiger partial charge in [0, 0.05) is 21.9 Å². The average molecular weight is 422 g/mol. The second kappa shape index (κ2) is 7.04. The number of nitrogens with one attached hydrogen (secondary N) is 1. The molecule has 1 atom stereocenters. The van der Waals surface area contributed by atoms with Gasteiger partial charge in [-0.3, -0.25) is 14.5 Å². The van der Waals surface area contributed by atoms with Crippen molar-refractivity contribution in [2.24, 2.45) is 11.7 Å². The smallest absolute Gasteiger partial charge is 0.286 e. The summed E-state index contributed by atoms with van der Waals surface area (Å²) in [4.78, 5) is 27.0. The lowest BCUT2D eigenvalue weighted by Crippen LogP contribution is -2.49. The van der Waals surface area contributed by atoms with Gasteiger partial charge in [0.05, 0.1) is 5.92 Å². The Hall–Kier alpha value is -1.86. The van der Waals surface area contributed by atoms with E-state index in [4.69, 9.17) is 10.2 Å². The number of carbonyl (C=O) groups excluding carboxylic acids is 2. The number of anilines is 1. The first-order chi connectivity index (χ1) is 12.2. The Bertz CT molecular complexity index is 854. The zero-order valence-electron chi connectivity index (χ0n) is 15.3. The number of likely N-dealkylation sites (tertiary alicyclic amines) is 1. The number of hydrogen-bond donors (Lipinski definition) is 2. The number of fused-ring (bicyclic) bond motifs is 1. The highest BCUT2D eigenvalue weighted by Crippen LogP contribution is 2.34. The van der Waals surface area contributed by atoms with Crippen LogP contribution in [0.1, 0.15) is 44.2 Å². The molecule has 0 saturated carbocycles. The van der Waals surface area contributed by atoms with E-state index in [1.54, 1.807) is 6.07 Å². The van der Waals surface area contributed by atoms with Crippen LogP contribution in [0.15, 0.2) is 27.1 Å². The number of halogens is 1. The van der Waals surface area contributed by atoms with Crippen molar-refractivity contribution in [3.63, 3.8) is 0 Å². The van der Waals surface area contributed by atoms with Gasteiger partial charge in [-0.05, 0) is 58.4 Å². The van der Waals surface area contributed by atoms with Crippen molar-refractivity contribution in [1.29, 1.82) is 0 Å². The van der Waals surface area contributed by atoms with E-state index in [2.05, 4.69) is 46.9 Å². The molecule has 2 heterocycles. The van der Waals surface area contributed by atoms with E-state index in [0.717, 1.165) is 23.9 Å². The molecule has 2 aromatic rings. The van der Waals surface area contributed by atoms with E-state index < -0.39 is 5.91 Å². The molecule has 3 N–H and O–H groups in total. The molecule has 1 aromatic heterocycles. The number of benzene rings is 1. The van der Waals surface area contributed by atoms with E-state index in [1.807, 2.05) is 12.1 Å². The maximum absolute atomic E-state index is 12.9. The predicted molar refractivity (Wildman–Crippen MR) is 105 cm³/mol. The second-order valence-electron chi connectivity index (χ2n) is 7.76. The van der Waals surface area contributed by atoms with Crippen LogP contribution in [0.2, 0.25) is 0 Å². The number of rotatable bonds is 3. The number of primary amides is 1. The lowest BCUT2D eigenvalue weighted by molar-refractivity contribution is -0.122. The van der Waals surface area contributed by atoms with Gasteiger partial charge in [0.2, 0.25) is 11.7 Å². The maximum Gasteiger partial charge on any atom is 0.286 e. The Morgan fingerprint density at radius 1 is 1.35 bits per heavy atom. The van der Waals surface area contributed by atoms with Crippen molar-refractivity contribution in [3.05, 3.63) is 28.4 Å². The van der Waals surface area contributed by atoms with E-state index in [0.29, 0.717) is 23.2 Å². The molecule has 6 nitrogen and oxygen atoms in total. The zero-order valence-corrected chi connectivity index (χ0v) is 16.9. The van der Waals surface area contributed by atoms with Crippen LogP contribution in [-0.2, 0) is 4.79 Å². The first-order valence-corrected chi connectivity index (χ1v) is 9.54. The number of nitrogens with two attached hydrogens (primary N) is 1. The van der Waals surface area contributed by atoms with Gasteiger partial charge < -0.3 is 15.5 Å². The van der Waals surface area contributed by atoms with E-state index >= 15 is 0 Å². The molecule has 2 amide bonds. The van der Waals surface area contributed by atoms with Crippen molar-refractivity contribution in [2.75, 3.05) is 18.4 Å². The zero-order chi connectivity index (χ0) is 19.1. The van der Waals surface area contributed by atoms with Crippen molar-refractivity contribution in [1.82, 2.24) is 4.90 Å². The van der Waals surface area contributed by atoms with Gasteiger partial charge in [0.1, 0.15) is 11.3 Å². The topological polar surface area (TPSA) is 88.6 Å². The summed E-state index contributed by atoms with van der Waals surface area (Å²) < 4.78 is 6.39. The van der Waals surface area contributed by atoms with Crippen LogP contribution in [0.3, 0.4) is 0 Å². The van der Waals surface area contributed by atoms with Crippen LogP contribution in [0.25, 0.3) is 11.0 Å². The molecule has 0 aliphatic carbocycles. The summed E-state index contributed by atoms with van der Waals surface area (Å²) in [6.45, 7) is 8.14. The molecule has 0 radical (unpaired) electrons. The monoisotopic (exact) mass is 421 g/mol. The Labute approximate surface area is 161 Å². The third-order valence-electron chi connectivity index (χ3n) is 4.86. The fourth-order valence-corrected chi connectivity index (χ4v) is 3.75. The summed E-state index contributed by atoms with van der Waals surface area (Å²) in [6.07, 6.45) is 1.79. The quantitative estimate of drug-likeness (QED) is 0.789. The standard InChI is InChI=1S/C19H24BrN3O3/c1-19(2,3)23-8-4-5-11(10-23)18(25)22-15-13-9-12(20)6-7-14(13)26-16(15)17(21)24/h6-7,9,11H,4-5,8,10H2,1-3H3,(H2,21,24)(H,22,25). The van der Waals surface area contributed by atoms with Crippen molar-refractivity contribution in [2.45, 2.75) is 39.2 Å². The van der Waals surface area contributed by atoms with Gasteiger partial charge in [-0.25, -0.2) is 0 Å². The van der Waals surface area contributed by atoms with Crippen LogP contribution >= 0.6 is 15.9 Å². The molecular weight excluding hydrogens is 398 g/mol. The molecule has 1 aromatic carbocycles. The lowest BCUT2D eigenvalue weighted by atomic mass is 9.92. The van der Waals surface area contributed by atoms with E-state index in [-0.39, 0.29) is 23.1 Å². The van der Waals surface area contributed by atoms with Gasteiger partial charge in [-0.2, -0.15) is 0 Å². The molecule has 1 unspecified atom stereocenters. The Morgan fingerprint density at radius 2 is 2.08 bits per heavy atom. The molecule has 1 aliphatic heterocycles. The number of piperidine rings is 1. The predicted octanol–water partition coefficient (Wildman–Crippen LogP) is 3.74. The van der Waals surface area contributed by atoms with Crippen LogP contribution in [0.4, 0.5) is 5.69 Å². The molecule has 26 heavy (non-hydrogen) atoms. The highest BCUT2D eigenvalue weighted by molar-refractivity contribution is 9.10. The SMILES string of the molecule is CC(C)(C)N1CCCC(C(=O)Nc2c(C(N)=O)oc3ccc(Br)cc23)C1. The normalized spacial score (nSPS) is 18.8. The van der Waals surface area contributed by atoms with Gasteiger partial charge in [-0.1, -0.05) is 15.9 Å². The number of amides is 2. The third kappa shape index (κ3) is 3.78. The van der Waals surface area contributed by atoms with Gasteiger partial charge in [0.25, 0.3) is 5.91 Å². The number of nitrogens with zero attached hydrogens (tertiary/aromatic N) is 1. The molecular formula is C19H24BrN3O3. The first kappa shape index (κ1) is 18.9. The van der Waals surface area contributed by atoms with Gasteiger partial charge in [0.15, 0.2) is 0 Å². The minimum absolute atomic E-state index is 0.0184. The summed E-state index contributed by atoms with van der Waals surface area (Å²) in [7, 11) is 0. The minimum atomic E-state index is -0.701. The lowest BCUT2D eigenvalue weighted by Gasteiger charge is -2.41. The maximum atomic E-state index is 12.9. The fraction of sp³-hybridized carbons (Fsp3) is 0.474. The summed E-state index contributed by atoms with van der Waals surface area (Å²) in [5, 5.41) is 3.56. The molecule has 0 bridgehead atoms. The molecule has 140 valence electrons. The molecule has 3 rings (SSSR count). The molecule has 7 heteroatoms. The summed E-state index contributed by atoms with van der Waals surface area (Å²) in [5.41, 5.74) is 6.33. The number of carbonyl (C=O) groups is 2. The van der Waals surface area contributed by atoms with E-state index in [1.165, 1.54) is 0 Å². The second-order valence-corrected chi connectivity index (χ2v) is 8.67. The van der Waals surface area contributed by atoms with Crippen LogP contribution < -0.4 is 11.1 Å². The molecule has 1 fully saturated rings.